The van der Waals surface area contributed by atoms with Gasteiger partial charge in [-0.2, -0.15) is 0 Å². The fourth-order valence-corrected chi connectivity index (χ4v) is 3.60. The molecule has 0 N–H and O–H groups in total. The maximum atomic E-state index is 11.2. The molecule has 4 aromatic rings. The number of benzene rings is 3. The smallest absolute Gasteiger partial charge is 0.335 e. The van der Waals surface area contributed by atoms with Gasteiger partial charge in [-0.3, -0.25) is 0 Å². The fraction of sp³-hybridized carbons (Fsp3) is 0. The van der Waals surface area contributed by atoms with E-state index in [2.05, 4.69) is 30.8 Å². The molecule has 24 heavy (non-hydrogen) atoms. The van der Waals surface area contributed by atoms with Crippen LogP contribution in [0, 0.1) is 0 Å². The Morgan fingerprint density at radius 2 is 1.83 bits per heavy atom. The number of rotatable bonds is 3. The highest BCUT2D eigenvalue weighted by Crippen LogP contribution is 2.34. The minimum absolute atomic E-state index is 0.464. The number of carbonyl (C=O) groups is 1. The molecule has 3 nitrogen and oxygen atoms in total. The van der Waals surface area contributed by atoms with E-state index in [1.165, 1.54) is 5.39 Å². The molecule has 4 rings (SSSR count). The van der Waals surface area contributed by atoms with Crippen molar-refractivity contribution >= 4 is 38.3 Å². The molecule has 4 heteroatoms. The molecule has 0 unspecified atom stereocenters. The van der Waals surface area contributed by atoms with Crippen molar-refractivity contribution in [1.29, 1.82) is 0 Å². The number of ether oxygens (including phenoxy) is 1. The van der Waals surface area contributed by atoms with Crippen molar-refractivity contribution in [3.8, 4) is 16.3 Å². The van der Waals surface area contributed by atoms with Crippen molar-refractivity contribution in [2.75, 3.05) is 0 Å². The maximum Gasteiger partial charge on any atom is 0.335 e. The van der Waals surface area contributed by atoms with Crippen molar-refractivity contribution in [3.05, 3.63) is 73.3 Å². The summed E-state index contributed by atoms with van der Waals surface area (Å²) in [6, 6.07) is 19.8. The Balaban J connectivity index is 1.75. The van der Waals surface area contributed by atoms with Crippen molar-refractivity contribution in [3.63, 3.8) is 0 Å². The van der Waals surface area contributed by atoms with Gasteiger partial charge in [0.15, 0.2) is 0 Å². The molecule has 0 saturated heterocycles. The Kier molecular flexibility index (Phi) is 3.59. The van der Waals surface area contributed by atoms with Crippen LogP contribution in [-0.2, 0) is 4.79 Å². The molecule has 0 aliphatic rings. The number of aromatic nitrogens is 1. The first-order valence-corrected chi connectivity index (χ1v) is 8.29. The largest absolute Gasteiger partial charge is 0.423 e. The zero-order valence-electron chi connectivity index (χ0n) is 12.7. The number of fused-ring (bicyclic) bond motifs is 3. The molecule has 1 aromatic heterocycles. The lowest BCUT2D eigenvalue weighted by molar-refractivity contribution is -0.128. The number of hydrogen-bond donors (Lipinski definition) is 0. The lowest BCUT2D eigenvalue weighted by Crippen LogP contribution is -2.02. The number of nitrogens with zero attached hydrogens (tertiary/aromatic N) is 1. The topological polar surface area (TPSA) is 39.2 Å². The Labute approximate surface area is 142 Å². The van der Waals surface area contributed by atoms with Gasteiger partial charge in [0.25, 0.3) is 0 Å². The third-order valence-corrected chi connectivity index (χ3v) is 4.84. The summed E-state index contributed by atoms with van der Waals surface area (Å²) in [5, 5.41) is 3.30. The summed E-state index contributed by atoms with van der Waals surface area (Å²) < 4.78 is 6.26. The highest BCUT2D eigenvalue weighted by atomic mass is 32.1. The van der Waals surface area contributed by atoms with E-state index in [1.54, 1.807) is 23.5 Å². The molecule has 0 aliphatic carbocycles. The van der Waals surface area contributed by atoms with Crippen LogP contribution in [-0.4, -0.2) is 11.0 Å². The number of thiazole rings is 1. The molecule has 0 aliphatic heterocycles. The van der Waals surface area contributed by atoms with Gasteiger partial charge in [-0.05, 0) is 35.7 Å². The lowest BCUT2D eigenvalue weighted by Gasteiger charge is -2.01. The third kappa shape index (κ3) is 2.57. The van der Waals surface area contributed by atoms with E-state index in [1.807, 2.05) is 24.3 Å². The van der Waals surface area contributed by atoms with Crippen LogP contribution >= 0.6 is 11.3 Å². The summed E-state index contributed by atoms with van der Waals surface area (Å²) in [5.74, 6) is 0.0319. The average molecular weight is 331 g/mol. The Hall–Kier alpha value is -2.98. The molecule has 3 aromatic carbocycles. The van der Waals surface area contributed by atoms with Crippen molar-refractivity contribution in [2.24, 2.45) is 0 Å². The minimum Gasteiger partial charge on any atom is -0.423 e. The highest BCUT2D eigenvalue weighted by Gasteiger charge is 2.09. The predicted molar refractivity (Wildman–Crippen MR) is 98.4 cm³/mol. The monoisotopic (exact) mass is 331 g/mol. The van der Waals surface area contributed by atoms with Crippen LogP contribution in [0.25, 0.3) is 31.6 Å². The lowest BCUT2D eigenvalue weighted by atomic mass is 10.1. The Morgan fingerprint density at radius 3 is 2.62 bits per heavy atom. The summed E-state index contributed by atoms with van der Waals surface area (Å²) in [4.78, 5) is 16.0. The van der Waals surface area contributed by atoms with Crippen LogP contribution in [0.2, 0.25) is 0 Å². The number of esters is 1. The quantitative estimate of drug-likeness (QED) is 0.294. The summed E-state index contributed by atoms with van der Waals surface area (Å²) in [6.07, 6.45) is 1.15. The number of carbonyl (C=O) groups excluding carboxylic acids is 1. The maximum absolute atomic E-state index is 11.2. The first-order valence-electron chi connectivity index (χ1n) is 7.47. The van der Waals surface area contributed by atoms with Gasteiger partial charge in [0.1, 0.15) is 10.8 Å². The van der Waals surface area contributed by atoms with E-state index in [4.69, 9.17) is 9.72 Å². The Bertz CT molecular complexity index is 1060. The van der Waals surface area contributed by atoms with Gasteiger partial charge in [-0.25, -0.2) is 9.78 Å². The van der Waals surface area contributed by atoms with Crippen LogP contribution in [0.5, 0.6) is 5.75 Å². The van der Waals surface area contributed by atoms with E-state index in [0.29, 0.717) is 5.75 Å². The van der Waals surface area contributed by atoms with Crippen LogP contribution in [0.1, 0.15) is 0 Å². The normalized spacial score (nSPS) is 10.8. The zero-order chi connectivity index (χ0) is 16.5. The van der Waals surface area contributed by atoms with Crippen molar-refractivity contribution in [1.82, 2.24) is 4.98 Å². The van der Waals surface area contributed by atoms with Crippen LogP contribution in [0.15, 0.2) is 73.3 Å². The summed E-state index contributed by atoms with van der Waals surface area (Å²) in [6.45, 7) is 3.39. The van der Waals surface area contributed by atoms with Crippen molar-refractivity contribution < 1.29 is 9.53 Å². The SMILES string of the molecule is C=CC(=O)Oc1ccc(-c2nc3c(ccc4ccccc43)s2)cc1. The van der Waals surface area contributed by atoms with Crippen molar-refractivity contribution in [2.45, 2.75) is 0 Å². The Morgan fingerprint density at radius 1 is 1.04 bits per heavy atom. The first kappa shape index (κ1) is 14.6. The second-order valence-corrected chi connectivity index (χ2v) is 6.33. The van der Waals surface area contributed by atoms with E-state index in [9.17, 15) is 4.79 Å². The molecule has 0 radical (unpaired) electrons. The second-order valence-electron chi connectivity index (χ2n) is 5.30. The fourth-order valence-electron chi connectivity index (χ4n) is 2.61. The van der Waals surface area contributed by atoms with E-state index in [-0.39, 0.29) is 0 Å². The van der Waals surface area contributed by atoms with Gasteiger partial charge in [-0.1, -0.05) is 36.9 Å². The molecular weight excluding hydrogens is 318 g/mol. The van der Waals surface area contributed by atoms with Gasteiger partial charge in [0.2, 0.25) is 0 Å². The molecule has 116 valence electrons. The molecular formula is C20H13NO2S. The van der Waals surface area contributed by atoms with Gasteiger partial charge in [0.05, 0.1) is 10.2 Å². The summed E-state index contributed by atoms with van der Waals surface area (Å²) >= 11 is 1.65. The minimum atomic E-state index is -0.464. The van der Waals surface area contributed by atoms with Crippen LogP contribution in [0.4, 0.5) is 0 Å². The summed E-state index contributed by atoms with van der Waals surface area (Å²) in [5.41, 5.74) is 2.02. The third-order valence-electron chi connectivity index (χ3n) is 3.77. The average Bonchev–Trinajstić information content (AvgIpc) is 3.07. The van der Waals surface area contributed by atoms with E-state index in [0.717, 1.165) is 32.2 Å². The van der Waals surface area contributed by atoms with Crippen LogP contribution in [0.3, 0.4) is 0 Å². The first-order chi connectivity index (χ1) is 11.7. The standard InChI is InChI=1S/C20H13NO2S/c1-2-18(22)23-15-10-7-14(8-11-15)20-21-19-16-6-4-3-5-13(16)9-12-17(19)24-20/h2-12H,1H2. The van der Waals surface area contributed by atoms with E-state index >= 15 is 0 Å². The molecule has 0 atom stereocenters. The second kappa shape index (κ2) is 5.91. The molecule has 0 saturated carbocycles. The van der Waals surface area contributed by atoms with Gasteiger partial charge < -0.3 is 4.74 Å². The molecule has 1 heterocycles. The zero-order valence-corrected chi connectivity index (χ0v) is 13.5. The van der Waals surface area contributed by atoms with Crippen LogP contribution < -0.4 is 4.74 Å². The van der Waals surface area contributed by atoms with Gasteiger partial charge in [-0.15, -0.1) is 11.3 Å². The van der Waals surface area contributed by atoms with E-state index < -0.39 is 5.97 Å². The predicted octanol–water partition coefficient (Wildman–Crippen LogP) is 5.21. The van der Waals surface area contributed by atoms with Gasteiger partial charge in [0, 0.05) is 17.0 Å². The molecule has 0 bridgehead atoms. The summed E-state index contributed by atoms with van der Waals surface area (Å²) in [7, 11) is 0. The highest BCUT2D eigenvalue weighted by molar-refractivity contribution is 7.21. The molecule has 0 spiro atoms. The number of hydrogen-bond acceptors (Lipinski definition) is 4. The molecule has 0 amide bonds. The van der Waals surface area contributed by atoms with Gasteiger partial charge >= 0.3 is 5.97 Å². The molecule has 0 fully saturated rings.